The molecule has 2 N–H and O–H groups in total. The molecule has 5 unspecified atom stereocenters. The van der Waals surface area contributed by atoms with Crippen LogP contribution >= 0.6 is 0 Å². The lowest BCUT2D eigenvalue weighted by atomic mass is 9.57. The van der Waals surface area contributed by atoms with Crippen LogP contribution in [0.3, 0.4) is 0 Å². The van der Waals surface area contributed by atoms with Gasteiger partial charge in [-0.1, -0.05) is 142 Å². The number of carbonyl (C=O) groups is 4. The first-order chi connectivity index (χ1) is 29.4. The Morgan fingerprint density at radius 1 is 0.492 bits per heavy atom. The zero-order chi connectivity index (χ0) is 49.5. The van der Waals surface area contributed by atoms with Gasteiger partial charge in [0.25, 0.3) is 0 Å². The van der Waals surface area contributed by atoms with Crippen LogP contribution in [0.25, 0.3) is 0 Å². The van der Waals surface area contributed by atoms with Gasteiger partial charge in [-0.2, -0.15) is 0 Å². The number of hydrogen-bond acceptors (Lipinski definition) is 10. The van der Waals surface area contributed by atoms with Crippen LogP contribution in [-0.4, -0.2) is 71.7 Å². The molecule has 65 heavy (non-hydrogen) atoms. The molecule has 0 heterocycles. The Morgan fingerprint density at radius 3 is 1.15 bits per heavy atom. The quantitative estimate of drug-likeness (QED) is 0.104. The highest BCUT2D eigenvalue weighted by Gasteiger charge is 2.49. The van der Waals surface area contributed by atoms with E-state index in [1.54, 1.807) is 0 Å². The van der Waals surface area contributed by atoms with E-state index in [1.807, 2.05) is 55.4 Å². The number of rotatable bonds is 13. The molecule has 0 amide bonds. The third-order valence-corrected chi connectivity index (χ3v) is 16.2. The van der Waals surface area contributed by atoms with Crippen LogP contribution in [0.2, 0.25) is 0 Å². The molecule has 0 aromatic heterocycles. The number of hydrogen-bond donors (Lipinski definition) is 2. The summed E-state index contributed by atoms with van der Waals surface area (Å²) in [7, 11) is 0. The van der Waals surface area contributed by atoms with Crippen molar-refractivity contribution in [3.05, 3.63) is 34.9 Å². The fourth-order valence-corrected chi connectivity index (χ4v) is 12.0. The zero-order valence-corrected chi connectivity index (χ0v) is 43.9. The van der Waals surface area contributed by atoms with E-state index in [1.165, 1.54) is 5.57 Å². The Balaban J connectivity index is 1.77. The van der Waals surface area contributed by atoms with Gasteiger partial charge in [0.05, 0.1) is 37.9 Å². The molecule has 10 nitrogen and oxygen atoms in total. The molecule has 0 aromatic rings. The predicted molar refractivity (Wildman–Crippen MR) is 256 cm³/mol. The molecule has 1 fully saturated rings. The Hall–Kier alpha value is -2.98. The molecule has 0 bridgehead atoms. The summed E-state index contributed by atoms with van der Waals surface area (Å²) in [6.45, 7) is 37.5. The van der Waals surface area contributed by atoms with Crippen LogP contribution in [0.5, 0.6) is 0 Å². The molecule has 370 valence electrons. The minimum absolute atomic E-state index is 0.114. The molecule has 0 aliphatic heterocycles. The molecule has 1 saturated carbocycles. The van der Waals surface area contributed by atoms with Gasteiger partial charge in [-0.3, -0.25) is 19.2 Å². The van der Waals surface area contributed by atoms with E-state index >= 15 is 9.59 Å². The van der Waals surface area contributed by atoms with Crippen molar-refractivity contribution in [1.29, 1.82) is 0 Å². The highest BCUT2D eigenvalue weighted by atomic mass is 16.6. The van der Waals surface area contributed by atoms with Crippen molar-refractivity contribution in [1.82, 2.24) is 0 Å². The lowest BCUT2D eigenvalue weighted by Crippen LogP contribution is -2.47. The summed E-state index contributed by atoms with van der Waals surface area (Å²) in [5.74, 6) is -5.36. The van der Waals surface area contributed by atoms with Gasteiger partial charge in [0.2, 0.25) is 0 Å². The topological polar surface area (TPSA) is 146 Å². The lowest BCUT2D eigenvalue weighted by Gasteiger charge is -2.50. The van der Waals surface area contributed by atoms with Crippen molar-refractivity contribution in [2.45, 2.75) is 213 Å². The lowest BCUT2D eigenvalue weighted by molar-refractivity contribution is -0.179. The largest absolute Gasteiger partial charge is 0.462 e. The van der Waals surface area contributed by atoms with Gasteiger partial charge in [0, 0.05) is 0 Å². The van der Waals surface area contributed by atoms with Crippen molar-refractivity contribution in [2.24, 2.45) is 61.1 Å². The minimum Gasteiger partial charge on any atom is -0.462 e. The van der Waals surface area contributed by atoms with Crippen LogP contribution in [-0.2, 0) is 38.1 Å². The second kappa shape index (κ2) is 19.6. The molecule has 5 atom stereocenters. The van der Waals surface area contributed by atoms with Crippen molar-refractivity contribution in [3.8, 4) is 0 Å². The minimum atomic E-state index is -1.43. The first-order valence-electron chi connectivity index (χ1n) is 24.6. The number of allylic oxidation sites excluding steroid dienone is 4. The van der Waals surface area contributed by atoms with E-state index in [0.29, 0.717) is 57.3 Å². The highest BCUT2D eigenvalue weighted by molar-refractivity contribution is 5.89. The monoisotopic (exact) mass is 911 g/mol. The van der Waals surface area contributed by atoms with Gasteiger partial charge < -0.3 is 29.2 Å². The Labute approximate surface area is 393 Å². The van der Waals surface area contributed by atoms with Crippen LogP contribution in [0.1, 0.15) is 189 Å². The van der Waals surface area contributed by atoms with Gasteiger partial charge >= 0.3 is 23.9 Å². The molecule has 0 saturated heterocycles. The first kappa shape index (κ1) is 54.6. The Morgan fingerprint density at radius 2 is 0.800 bits per heavy atom. The summed E-state index contributed by atoms with van der Waals surface area (Å²) in [6.07, 6.45) is 7.36. The van der Waals surface area contributed by atoms with Crippen molar-refractivity contribution >= 4 is 23.9 Å². The highest BCUT2D eigenvalue weighted by Crippen LogP contribution is 2.52. The summed E-state index contributed by atoms with van der Waals surface area (Å²) < 4.78 is 25.5. The summed E-state index contributed by atoms with van der Waals surface area (Å²) in [6, 6.07) is 0. The average molecular weight is 911 g/mol. The second-order valence-electron chi connectivity index (χ2n) is 26.4. The van der Waals surface area contributed by atoms with Gasteiger partial charge in [-0.05, 0) is 119 Å². The molecule has 0 aromatic carbocycles. The maximum atomic E-state index is 15.1. The number of ether oxygens (including phenoxy) is 4. The fourth-order valence-electron chi connectivity index (χ4n) is 12.0. The van der Waals surface area contributed by atoms with Crippen LogP contribution < -0.4 is 0 Å². The Bertz CT molecular complexity index is 1830. The van der Waals surface area contributed by atoms with Crippen molar-refractivity contribution in [3.63, 3.8) is 0 Å². The summed E-state index contributed by atoms with van der Waals surface area (Å²) >= 11 is 0. The van der Waals surface area contributed by atoms with E-state index in [9.17, 15) is 19.8 Å². The molecule has 4 aliphatic carbocycles. The third-order valence-electron chi connectivity index (χ3n) is 16.2. The SMILES string of the molecule is CC1=CC(C)(C)CC(OC(=O)CC(C(=O)OC2CC(C)(C)C=C(CO)C(C)(C)C2)C(CC(=O)OC2CC(C)(C)C=C(CO)C(C)(C)C2)C(=O)OC2CC(C)(C)C(C)C(C)(C)C2)CC1(C)C. The maximum absolute atomic E-state index is 15.1. The molecule has 0 spiro atoms. The van der Waals surface area contributed by atoms with Crippen LogP contribution in [0.15, 0.2) is 34.9 Å². The molecule has 4 aliphatic rings. The number of aliphatic hydroxyl groups is 2. The second-order valence-corrected chi connectivity index (χ2v) is 26.4. The van der Waals surface area contributed by atoms with Crippen LogP contribution in [0, 0.1) is 61.1 Å². The van der Waals surface area contributed by atoms with Crippen molar-refractivity contribution < 1.29 is 48.3 Å². The van der Waals surface area contributed by atoms with E-state index in [2.05, 4.69) is 87.5 Å². The first-order valence-corrected chi connectivity index (χ1v) is 24.6. The van der Waals surface area contributed by atoms with E-state index in [0.717, 1.165) is 11.1 Å². The van der Waals surface area contributed by atoms with E-state index in [4.69, 9.17) is 18.9 Å². The number of carbonyl (C=O) groups excluding carboxylic acids is 4. The molecule has 4 rings (SSSR count). The van der Waals surface area contributed by atoms with Crippen LogP contribution in [0.4, 0.5) is 0 Å². The zero-order valence-electron chi connectivity index (χ0n) is 43.9. The van der Waals surface area contributed by atoms with Gasteiger partial charge in [0.15, 0.2) is 0 Å². The Kier molecular flexibility index (Phi) is 16.4. The third kappa shape index (κ3) is 14.3. The summed E-state index contributed by atoms with van der Waals surface area (Å²) in [5, 5.41) is 20.7. The standard InChI is InChI=1S/C55H90O10/c1-34-21-48(3,4)24-38(27-51(34,9)10)62-44(58)19-42(46(60)64-40-26-50(7,8)23-37(33-57)55(17,18)31-40)43(47(61)65-41-28-52(11,12)35(2)53(13,14)29-41)20-45(59)63-39-25-49(5,6)22-36(32-56)54(15,16)30-39/h21-23,35,38-43,56-57H,19-20,24-33H2,1-18H3. The smallest absolute Gasteiger partial charge is 0.310 e. The average Bonchev–Trinajstić information content (AvgIpc) is 3.30. The molecular formula is C55H90O10. The van der Waals surface area contributed by atoms with Gasteiger partial charge in [0.1, 0.15) is 24.4 Å². The van der Waals surface area contributed by atoms with E-state index < -0.39 is 94.6 Å². The number of esters is 4. The van der Waals surface area contributed by atoms with Gasteiger partial charge in [-0.25, -0.2) is 0 Å². The summed E-state index contributed by atoms with van der Waals surface area (Å²) in [4.78, 5) is 59.0. The van der Waals surface area contributed by atoms with Crippen molar-refractivity contribution in [2.75, 3.05) is 13.2 Å². The molecule has 0 radical (unpaired) electrons. The van der Waals surface area contributed by atoms with Gasteiger partial charge in [-0.15, -0.1) is 0 Å². The predicted octanol–water partition coefficient (Wildman–Crippen LogP) is 11.5. The summed E-state index contributed by atoms with van der Waals surface area (Å²) in [5.41, 5.74) is 0.256. The maximum Gasteiger partial charge on any atom is 0.310 e. The molecule has 10 heteroatoms. The van der Waals surface area contributed by atoms with E-state index in [-0.39, 0.29) is 34.9 Å². The molecular weight excluding hydrogens is 821 g/mol. The fraction of sp³-hybridized carbons (Fsp3) is 0.818. The normalized spacial score (nSPS) is 30.5. The number of aliphatic hydroxyl groups excluding tert-OH is 2.